The van der Waals surface area contributed by atoms with Crippen LogP contribution in [0.4, 0.5) is 0 Å². The van der Waals surface area contributed by atoms with Crippen molar-refractivity contribution in [2.45, 2.75) is 67.5 Å². The largest absolute Gasteiger partial charge is 0.465 e. The zero-order valence-electron chi connectivity index (χ0n) is 22.5. The summed E-state index contributed by atoms with van der Waals surface area (Å²) in [5.41, 5.74) is 0.761. The van der Waals surface area contributed by atoms with E-state index in [4.69, 9.17) is 4.74 Å². The summed E-state index contributed by atoms with van der Waals surface area (Å²) in [6, 6.07) is 7.84. The van der Waals surface area contributed by atoms with E-state index in [9.17, 15) is 19.5 Å². The molecule has 1 aromatic rings. The Morgan fingerprint density at radius 2 is 2.00 bits per heavy atom. The Morgan fingerprint density at radius 3 is 2.63 bits per heavy atom. The minimum Gasteiger partial charge on any atom is -0.465 e. The Labute approximate surface area is 230 Å². The Kier molecular flexibility index (Phi) is 8.72. The molecule has 3 heterocycles. The third kappa shape index (κ3) is 4.70. The second-order valence-electron chi connectivity index (χ2n) is 10.8. The SMILES string of the molecule is C=CCCOC(=O)[C@@H]1[C@H]2C(=O)N([C@H](CO)c3ccccc3)C(C(=O)N(CC=C)CCCC)C23CC[C@@]1(C)S3. The number of amides is 2. The van der Waals surface area contributed by atoms with E-state index in [1.54, 1.807) is 33.7 Å². The first-order chi connectivity index (χ1) is 18.3. The molecule has 7 nitrogen and oxygen atoms in total. The van der Waals surface area contributed by atoms with Gasteiger partial charge in [-0.3, -0.25) is 14.4 Å². The number of rotatable bonds is 13. The number of esters is 1. The van der Waals surface area contributed by atoms with Gasteiger partial charge in [-0.25, -0.2) is 0 Å². The summed E-state index contributed by atoms with van der Waals surface area (Å²) in [7, 11) is 0. The Balaban J connectivity index is 1.81. The number of unbranched alkanes of at least 4 members (excludes halogenated alkanes) is 1. The van der Waals surface area contributed by atoms with Crippen LogP contribution in [0.3, 0.4) is 0 Å². The molecule has 3 saturated heterocycles. The third-order valence-electron chi connectivity index (χ3n) is 8.40. The van der Waals surface area contributed by atoms with Gasteiger partial charge in [-0.2, -0.15) is 0 Å². The quantitative estimate of drug-likeness (QED) is 0.230. The molecule has 3 fully saturated rings. The second kappa shape index (κ2) is 11.7. The van der Waals surface area contributed by atoms with Crippen LogP contribution in [0.15, 0.2) is 55.6 Å². The zero-order chi connectivity index (χ0) is 27.5. The summed E-state index contributed by atoms with van der Waals surface area (Å²) < 4.78 is 4.37. The van der Waals surface area contributed by atoms with Crippen molar-refractivity contribution in [1.29, 1.82) is 0 Å². The summed E-state index contributed by atoms with van der Waals surface area (Å²) in [5.74, 6) is -2.12. The fraction of sp³-hybridized carbons (Fsp3) is 0.567. The molecular formula is C30H40N2O5S. The Morgan fingerprint density at radius 1 is 1.26 bits per heavy atom. The molecule has 1 spiro atoms. The van der Waals surface area contributed by atoms with Crippen LogP contribution in [0.1, 0.15) is 57.6 Å². The fourth-order valence-corrected chi connectivity index (χ4v) is 8.99. The maximum Gasteiger partial charge on any atom is 0.311 e. The lowest BCUT2D eigenvalue weighted by Crippen LogP contribution is -2.55. The third-order valence-corrected chi connectivity index (χ3v) is 10.4. The van der Waals surface area contributed by atoms with Gasteiger partial charge in [-0.15, -0.1) is 24.9 Å². The molecule has 2 unspecified atom stereocenters. The lowest BCUT2D eigenvalue weighted by Gasteiger charge is -2.39. The standard InChI is InChI=1S/C30H40N2O5S/c1-5-8-18-31(17-7-3)27(35)25-30-16-15-29(4,38-30)24(28(36)37-19-9-6-2)23(30)26(34)32(25)22(20-33)21-13-11-10-12-14-21/h6-7,10-14,22-25,33H,2-3,5,8-9,15-20H2,1,4H3/t22-,23+,24+,25?,29-,30?/m1/s1. The predicted molar refractivity (Wildman–Crippen MR) is 149 cm³/mol. The van der Waals surface area contributed by atoms with E-state index in [-0.39, 0.29) is 31.0 Å². The van der Waals surface area contributed by atoms with E-state index < -0.39 is 33.4 Å². The molecule has 1 N–H and O–H groups in total. The summed E-state index contributed by atoms with van der Waals surface area (Å²) in [4.78, 5) is 45.7. The van der Waals surface area contributed by atoms with Crippen LogP contribution in [-0.2, 0) is 19.1 Å². The molecule has 3 aliphatic rings. The van der Waals surface area contributed by atoms with Crippen molar-refractivity contribution >= 4 is 29.5 Å². The number of hydrogen-bond acceptors (Lipinski definition) is 6. The molecule has 4 rings (SSSR count). The van der Waals surface area contributed by atoms with Gasteiger partial charge in [0.15, 0.2) is 0 Å². The molecule has 0 saturated carbocycles. The van der Waals surface area contributed by atoms with Crippen molar-refractivity contribution in [1.82, 2.24) is 9.80 Å². The van der Waals surface area contributed by atoms with Crippen molar-refractivity contribution in [3.05, 3.63) is 61.2 Å². The molecule has 8 heteroatoms. The van der Waals surface area contributed by atoms with E-state index in [0.717, 1.165) is 18.4 Å². The van der Waals surface area contributed by atoms with Crippen molar-refractivity contribution < 1.29 is 24.2 Å². The first-order valence-corrected chi connectivity index (χ1v) is 14.5. The molecule has 6 atom stereocenters. The van der Waals surface area contributed by atoms with Crippen LogP contribution >= 0.6 is 11.8 Å². The number of benzene rings is 1. The molecule has 0 aromatic heterocycles. The number of aliphatic hydroxyl groups is 1. The first kappa shape index (κ1) is 28.4. The number of thioether (sulfide) groups is 1. The molecule has 38 heavy (non-hydrogen) atoms. The highest BCUT2D eigenvalue weighted by Crippen LogP contribution is 2.72. The monoisotopic (exact) mass is 540 g/mol. The molecule has 1 aromatic carbocycles. The topological polar surface area (TPSA) is 87.1 Å². The van der Waals surface area contributed by atoms with E-state index >= 15 is 0 Å². The van der Waals surface area contributed by atoms with Gasteiger partial charge in [-0.1, -0.05) is 55.8 Å². The number of fused-ring (bicyclic) bond motifs is 1. The smallest absolute Gasteiger partial charge is 0.311 e. The van der Waals surface area contributed by atoms with Gasteiger partial charge in [0.2, 0.25) is 11.8 Å². The summed E-state index contributed by atoms with van der Waals surface area (Å²) in [6.45, 7) is 12.5. The highest BCUT2D eigenvalue weighted by atomic mass is 32.2. The lowest BCUT2D eigenvalue weighted by atomic mass is 9.66. The number of hydrogen-bond donors (Lipinski definition) is 1. The molecule has 0 radical (unpaired) electrons. The molecule has 0 aliphatic carbocycles. The Bertz CT molecular complexity index is 1060. The van der Waals surface area contributed by atoms with E-state index in [2.05, 4.69) is 20.1 Å². The van der Waals surface area contributed by atoms with Crippen molar-refractivity contribution in [3.63, 3.8) is 0 Å². The van der Waals surface area contributed by atoms with Gasteiger partial charge in [0.25, 0.3) is 0 Å². The average molecular weight is 541 g/mol. The van der Waals surface area contributed by atoms with Crippen LogP contribution in [0.2, 0.25) is 0 Å². The molecule has 2 amide bonds. The minimum atomic E-state index is -0.799. The molecular weight excluding hydrogens is 500 g/mol. The average Bonchev–Trinajstić information content (AvgIpc) is 3.48. The van der Waals surface area contributed by atoms with Crippen molar-refractivity contribution in [2.75, 3.05) is 26.3 Å². The van der Waals surface area contributed by atoms with Gasteiger partial charge in [0, 0.05) is 17.8 Å². The van der Waals surface area contributed by atoms with Gasteiger partial charge < -0.3 is 19.6 Å². The maximum absolute atomic E-state index is 14.4. The highest BCUT2D eigenvalue weighted by molar-refractivity contribution is 8.02. The number of carbonyl (C=O) groups excluding carboxylic acids is 3. The van der Waals surface area contributed by atoms with Gasteiger partial charge in [0.05, 0.1) is 35.8 Å². The highest BCUT2D eigenvalue weighted by Gasteiger charge is 2.78. The zero-order valence-corrected chi connectivity index (χ0v) is 23.3. The molecule has 2 bridgehead atoms. The minimum absolute atomic E-state index is 0.138. The van der Waals surface area contributed by atoms with Crippen LogP contribution in [0, 0.1) is 11.8 Å². The van der Waals surface area contributed by atoms with Crippen LogP contribution in [-0.4, -0.2) is 74.5 Å². The maximum atomic E-state index is 14.4. The number of carbonyl (C=O) groups is 3. The Hall–Kier alpha value is -2.58. The van der Waals surface area contributed by atoms with Gasteiger partial charge in [0.1, 0.15) is 6.04 Å². The van der Waals surface area contributed by atoms with E-state index in [0.29, 0.717) is 32.4 Å². The van der Waals surface area contributed by atoms with Gasteiger partial charge in [-0.05, 0) is 38.2 Å². The van der Waals surface area contributed by atoms with Crippen LogP contribution < -0.4 is 0 Å². The lowest BCUT2D eigenvalue weighted by molar-refractivity contribution is -0.156. The number of aliphatic hydroxyl groups excluding tert-OH is 1. The van der Waals surface area contributed by atoms with Crippen molar-refractivity contribution in [3.8, 4) is 0 Å². The molecule has 206 valence electrons. The van der Waals surface area contributed by atoms with Crippen LogP contribution in [0.25, 0.3) is 0 Å². The number of likely N-dealkylation sites (tertiary alicyclic amines) is 1. The summed E-state index contributed by atoms with van der Waals surface area (Å²) in [6.07, 6.45) is 7.07. The first-order valence-electron chi connectivity index (χ1n) is 13.6. The normalized spacial score (nSPS) is 30.1. The predicted octanol–water partition coefficient (Wildman–Crippen LogP) is 4.14. The van der Waals surface area contributed by atoms with E-state index in [1.807, 2.05) is 37.3 Å². The van der Waals surface area contributed by atoms with Gasteiger partial charge >= 0.3 is 5.97 Å². The summed E-state index contributed by atoms with van der Waals surface area (Å²) in [5, 5.41) is 10.6. The number of ether oxygens (including phenoxy) is 1. The van der Waals surface area contributed by atoms with E-state index in [1.165, 1.54) is 0 Å². The van der Waals surface area contributed by atoms with Crippen molar-refractivity contribution in [2.24, 2.45) is 11.8 Å². The summed E-state index contributed by atoms with van der Waals surface area (Å²) >= 11 is 1.62. The number of nitrogens with zero attached hydrogens (tertiary/aromatic N) is 2. The van der Waals surface area contributed by atoms with Crippen LogP contribution in [0.5, 0.6) is 0 Å². The molecule has 3 aliphatic heterocycles. The second-order valence-corrected chi connectivity index (χ2v) is 12.7. The fourth-order valence-electron chi connectivity index (χ4n) is 6.67.